The molecule has 86 valence electrons. The Morgan fingerprint density at radius 3 is 2.73 bits per heavy atom. The number of aliphatic carboxylic acids is 1. The predicted octanol–water partition coefficient (Wildman–Crippen LogP) is 3.31. The molecule has 1 atom stereocenters. The summed E-state index contributed by atoms with van der Waals surface area (Å²) in [5.74, 6) is 1.01. The Kier molecular flexibility index (Phi) is 3.60. The van der Waals surface area contributed by atoms with E-state index in [-0.39, 0.29) is 0 Å². The van der Waals surface area contributed by atoms with Crippen LogP contribution < -0.4 is 0 Å². The molecule has 0 aromatic rings. The normalized spacial score (nSPS) is 30.3. The van der Waals surface area contributed by atoms with E-state index in [0.29, 0.717) is 17.1 Å². The molecule has 1 saturated heterocycles. The zero-order chi connectivity index (χ0) is 10.7. The maximum Gasteiger partial charge on any atom is 0.303 e. The van der Waals surface area contributed by atoms with Crippen LogP contribution in [0.2, 0.25) is 0 Å². The molecule has 1 unspecified atom stereocenters. The van der Waals surface area contributed by atoms with Gasteiger partial charge in [0.15, 0.2) is 0 Å². The number of thioether (sulfide) groups is 1. The minimum absolute atomic E-state index is 0.391. The summed E-state index contributed by atoms with van der Waals surface area (Å²) in [4.78, 5) is 10.7. The van der Waals surface area contributed by atoms with Crippen LogP contribution in [-0.4, -0.2) is 21.6 Å². The number of rotatable bonds is 2. The molecule has 2 nitrogen and oxygen atoms in total. The summed E-state index contributed by atoms with van der Waals surface area (Å²) in [5.41, 5.74) is 0. The highest BCUT2D eigenvalue weighted by molar-refractivity contribution is 8.00. The van der Waals surface area contributed by atoms with Crippen LogP contribution >= 0.6 is 11.8 Å². The number of carbonyl (C=O) groups is 1. The van der Waals surface area contributed by atoms with Crippen LogP contribution in [0.15, 0.2) is 0 Å². The second-order valence-electron chi connectivity index (χ2n) is 5.05. The van der Waals surface area contributed by atoms with E-state index in [1.165, 1.54) is 37.9 Å². The zero-order valence-electron chi connectivity index (χ0n) is 9.21. The maximum atomic E-state index is 10.7. The van der Waals surface area contributed by atoms with Crippen molar-refractivity contribution in [2.45, 2.75) is 56.1 Å². The van der Waals surface area contributed by atoms with Crippen molar-refractivity contribution in [3.8, 4) is 0 Å². The fourth-order valence-electron chi connectivity index (χ4n) is 3.09. The van der Waals surface area contributed by atoms with Gasteiger partial charge in [0, 0.05) is 11.2 Å². The molecular weight excluding hydrogens is 208 g/mol. The molecule has 1 spiro atoms. The third-order valence-corrected chi connectivity index (χ3v) is 5.45. The lowest BCUT2D eigenvalue weighted by molar-refractivity contribution is -0.138. The van der Waals surface area contributed by atoms with Crippen molar-refractivity contribution in [3.63, 3.8) is 0 Å². The average Bonchev–Trinajstić information content (AvgIpc) is 2.17. The van der Waals surface area contributed by atoms with E-state index >= 15 is 0 Å². The smallest absolute Gasteiger partial charge is 0.303 e. The number of hydrogen-bond donors (Lipinski definition) is 1. The van der Waals surface area contributed by atoms with E-state index in [4.69, 9.17) is 5.11 Å². The van der Waals surface area contributed by atoms with E-state index in [9.17, 15) is 4.79 Å². The van der Waals surface area contributed by atoms with Crippen molar-refractivity contribution in [2.24, 2.45) is 5.92 Å². The fraction of sp³-hybridized carbons (Fsp3) is 0.917. The van der Waals surface area contributed by atoms with Crippen LogP contribution in [0.25, 0.3) is 0 Å². The molecule has 0 radical (unpaired) electrons. The molecule has 0 amide bonds. The van der Waals surface area contributed by atoms with Crippen molar-refractivity contribution in [2.75, 3.05) is 5.75 Å². The first-order valence-electron chi connectivity index (χ1n) is 6.06. The minimum Gasteiger partial charge on any atom is -0.481 e. The Morgan fingerprint density at radius 1 is 1.33 bits per heavy atom. The van der Waals surface area contributed by atoms with Gasteiger partial charge in [0.05, 0.1) is 0 Å². The minimum atomic E-state index is -0.613. The van der Waals surface area contributed by atoms with Crippen molar-refractivity contribution >= 4 is 17.7 Å². The second kappa shape index (κ2) is 4.77. The van der Waals surface area contributed by atoms with Gasteiger partial charge >= 0.3 is 5.97 Å². The summed E-state index contributed by atoms with van der Waals surface area (Å²) in [6.07, 6.45) is 9.40. The SMILES string of the molecule is O=C(O)CC1CCSC2(CCCCC2)C1. The quantitative estimate of drug-likeness (QED) is 0.788. The molecule has 3 heteroatoms. The summed E-state index contributed by atoms with van der Waals surface area (Å²) >= 11 is 2.12. The summed E-state index contributed by atoms with van der Waals surface area (Å²) in [7, 11) is 0. The summed E-state index contributed by atoms with van der Waals surface area (Å²) < 4.78 is 0.469. The summed E-state index contributed by atoms with van der Waals surface area (Å²) in [6, 6.07) is 0. The Morgan fingerprint density at radius 2 is 2.07 bits per heavy atom. The first-order chi connectivity index (χ1) is 7.20. The lowest BCUT2D eigenvalue weighted by atomic mass is 9.79. The van der Waals surface area contributed by atoms with Gasteiger partial charge in [-0.1, -0.05) is 19.3 Å². The van der Waals surface area contributed by atoms with Gasteiger partial charge in [0.2, 0.25) is 0 Å². The Balaban J connectivity index is 1.93. The van der Waals surface area contributed by atoms with Gasteiger partial charge < -0.3 is 5.11 Å². The van der Waals surface area contributed by atoms with Crippen LogP contribution in [0.1, 0.15) is 51.4 Å². The largest absolute Gasteiger partial charge is 0.481 e. The van der Waals surface area contributed by atoms with Crippen molar-refractivity contribution < 1.29 is 9.90 Å². The molecule has 2 fully saturated rings. The first-order valence-corrected chi connectivity index (χ1v) is 7.05. The van der Waals surface area contributed by atoms with Gasteiger partial charge in [-0.3, -0.25) is 4.79 Å². The Labute approximate surface area is 95.8 Å². The van der Waals surface area contributed by atoms with Gasteiger partial charge in [0.25, 0.3) is 0 Å². The second-order valence-corrected chi connectivity index (χ2v) is 6.61. The fourth-order valence-corrected chi connectivity index (χ4v) is 4.91. The van der Waals surface area contributed by atoms with Crippen LogP contribution in [0.4, 0.5) is 0 Å². The molecule has 1 N–H and O–H groups in total. The monoisotopic (exact) mass is 228 g/mol. The molecule has 1 heterocycles. The molecule has 0 aromatic heterocycles. The van der Waals surface area contributed by atoms with E-state index in [1.807, 2.05) is 0 Å². The van der Waals surface area contributed by atoms with E-state index in [1.54, 1.807) is 0 Å². The van der Waals surface area contributed by atoms with Gasteiger partial charge in [0.1, 0.15) is 0 Å². The highest BCUT2D eigenvalue weighted by Gasteiger charge is 2.38. The van der Waals surface area contributed by atoms with Crippen molar-refractivity contribution in [3.05, 3.63) is 0 Å². The highest BCUT2D eigenvalue weighted by atomic mass is 32.2. The lowest BCUT2D eigenvalue weighted by Gasteiger charge is -2.42. The Bertz CT molecular complexity index is 228. The topological polar surface area (TPSA) is 37.3 Å². The Hall–Kier alpha value is -0.180. The molecular formula is C12H20O2S. The molecule has 1 aliphatic carbocycles. The molecule has 0 bridgehead atoms. The average molecular weight is 228 g/mol. The predicted molar refractivity (Wildman–Crippen MR) is 63.3 cm³/mol. The molecule has 2 aliphatic rings. The van der Waals surface area contributed by atoms with Gasteiger partial charge in [-0.25, -0.2) is 0 Å². The van der Waals surface area contributed by atoms with Gasteiger partial charge in [-0.15, -0.1) is 0 Å². The van der Waals surface area contributed by atoms with Gasteiger partial charge in [-0.05, 0) is 37.4 Å². The van der Waals surface area contributed by atoms with Crippen LogP contribution in [0.3, 0.4) is 0 Å². The highest BCUT2D eigenvalue weighted by Crippen LogP contribution is 2.49. The first kappa shape index (κ1) is 11.3. The number of carboxylic acids is 1. The summed E-state index contributed by atoms with van der Waals surface area (Å²) in [5, 5.41) is 8.85. The molecule has 1 aliphatic heterocycles. The molecule has 15 heavy (non-hydrogen) atoms. The van der Waals surface area contributed by atoms with Crippen LogP contribution in [0, 0.1) is 5.92 Å². The van der Waals surface area contributed by atoms with Gasteiger partial charge in [-0.2, -0.15) is 11.8 Å². The number of hydrogen-bond acceptors (Lipinski definition) is 2. The molecule has 2 rings (SSSR count). The van der Waals surface area contributed by atoms with Crippen molar-refractivity contribution in [1.29, 1.82) is 0 Å². The zero-order valence-corrected chi connectivity index (χ0v) is 10.0. The maximum absolute atomic E-state index is 10.7. The van der Waals surface area contributed by atoms with Crippen molar-refractivity contribution in [1.82, 2.24) is 0 Å². The van der Waals surface area contributed by atoms with E-state index in [0.717, 1.165) is 12.8 Å². The number of carboxylic acid groups (broad SMARTS) is 1. The van der Waals surface area contributed by atoms with E-state index in [2.05, 4.69) is 11.8 Å². The molecule has 0 aromatic carbocycles. The third-order valence-electron chi connectivity index (χ3n) is 3.82. The third kappa shape index (κ3) is 2.90. The summed E-state index contributed by atoms with van der Waals surface area (Å²) in [6.45, 7) is 0. The van der Waals surface area contributed by atoms with E-state index < -0.39 is 5.97 Å². The molecule has 1 saturated carbocycles. The van der Waals surface area contributed by atoms with Crippen LogP contribution in [-0.2, 0) is 4.79 Å². The lowest BCUT2D eigenvalue weighted by Crippen LogP contribution is -2.35. The van der Waals surface area contributed by atoms with Crippen LogP contribution in [0.5, 0.6) is 0 Å². The standard InChI is InChI=1S/C12H20O2S/c13-11(14)8-10-4-7-15-12(9-10)5-2-1-3-6-12/h10H,1-9H2,(H,13,14).